The van der Waals surface area contributed by atoms with Gasteiger partial charge in [-0.3, -0.25) is 0 Å². The van der Waals surface area contributed by atoms with Gasteiger partial charge >= 0.3 is 200 Å². The monoisotopic (exact) mass is 507 g/mol. The Morgan fingerprint density at radius 2 is 0.700 bits per heavy atom. The number of hydrogen-bond donors (Lipinski definition) is 1. The Balaban J connectivity index is 4.80. The summed E-state index contributed by atoms with van der Waals surface area (Å²) in [6, 6.07) is 0. The van der Waals surface area contributed by atoms with Crippen LogP contribution in [0.1, 0.15) is 143 Å². The second-order valence-corrected chi connectivity index (χ2v) is 21.6. The molecule has 0 rings (SSSR count). The summed E-state index contributed by atoms with van der Waals surface area (Å²) in [5, 5.41) is -1.78. The number of rotatable bonds is 24. The van der Waals surface area contributed by atoms with E-state index in [0.717, 1.165) is 6.54 Å². The van der Waals surface area contributed by atoms with Crippen molar-refractivity contribution in [2.45, 2.75) is 143 Å². The van der Waals surface area contributed by atoms with Gasteiger partial charge in [-0.1, -0.05) is 0 Å². The van der Waals surface area contributed by atoms with Crippen LogP contribution in [0.15, 0.2) is 0 Å². The Hall–Kier alpha value is 0.870. The molecule has 0 aliphatic heterocycles. The average Bonchev–Trinajstić information content (AvgIpc) is 2.75. The summed E-state index contributed by atoms with van der Waals surface area (Å²) in [4.78, 5) is 0. The fourth-order valence-electron chi connectivity index (χ4n) is 5.02. The molecule has 0 unspecified atom stereocenters. The van der Waals surface area contributed by atoms with E-state index in [9.17, 15) is 0 Å². The molecule has 0 aliphatic rings. The predicted molar refractivity (Wildman–Crippen MR) is 149 cm³/mol. The van der Waals surface area contributed by atoms with Gasteiger partial charge in [0, 0.05) is 0 Å². The van der Waals surface area contributed by atoms with Crippen LogP contribution >= 0.6 is 20.8 Å². The maximum atomic E-state index is 6.02. The van der Waals surface area contributed by atoms with Gasteiger partial charge in [0.25, 0.3) is 0 Å². The Morgan fingerprint density at radius 1 is 0.433 bits per heavy atom. The van der Waals surface area contributed by atoms with Crippen LogP contribution in [0.4, 0.5) is 0 Å². The van der Waals surface area contributed by atoms with Gasteiger partial charge in [0.1, 0.15) is 0 Å². The number of nitrogens with two attached hydrogens (primary N) is 1. The molecule has 30 heavy (non-hydrogen) atoms. The van der Waals surface area contributed by atoms with E-state index < -0.39 is 5.31 Å². The first-order valence-electron chi connectivity index (χ1n) is 14.0. The molecule has 0 aromatic heterocycles. The van der Waals surface area contributed by atoms with Crippen molar-refractivity contribution in [3.8, 4) is 0 Å². The summed E-state index contributed by atoms with van der Waals surface area (Å²) in [5.41, 5.74) is 6.02. The van der Waals surface area contributed by atoms with Gasteiger partial charge in [0.15, 0.2) is 0 Å². The fraction of sp³-hybridized carbons (Fsp3) is 1.00. The van der Waals surface area contributed by atoms with Crippen LogP contribution in [0, 0.1) is 0 Å². The van der Waals surface area contributed by atoms with Crippen LogP contribution in [0.25, 0.3) is 0 Å². The minimum absolute atomic E-state index is 0.868. The molecule has 0 saturated heterocycles. The quantitative estimate of drug-likeness (QED) is 0.102. The molecule has 0 aliphatic carbocycles. The summed E-state index contributed by atoms with van der Waals surface area (Å²) in [5.74, 6) is 0. The molecule has 0 spiro atoms. The molecule has 0 amide bonds. The van der Waals surface area contributed by atoms with E-state index in [4.69, 9.17) is 5.73 Å². The van der Waals surface area contributed by atoms with Crippen molar-refractivity contribution >= 4 is 20.8 Å². The van der Waals surface area contributed by atoms with Gasteiger partial charge in [-0.15, -0.1) is 0 Å². The van der Waals surface area contributed by atoms with Gasteiger partial charge in [-0.2, -0.15) is 0 Å². The van der Waals surface area contributed by atoms with E-state index in [1.54, 1.807) is 0 Å². The molecule has 0 radical (unpaired) electrons. The Morgan fingerprint density at radius 3 is 1.00 bits per heavy atom. The third-order valence-electron chi connectivity index (χ3n) is 7.13. The van der Waals surface area contributed by atoms with E-state index in [-0.39, 0.29) is 0 Å². The van der Waals surface area contributed by atoms with Crippen molar-refractivity contribution in [1.82, 2.24) is 0 Å². The van der Waals surface area contributed by atoms with Crippen molar-refractivity contribution in [3.63, 3.8) is 0 Å². The van der Waals surface area contributed by atoms with E-state index in [2.05, 4.69) is 36.3 Å². The molecule has 184 valence electrons. The summed E-state index contributed by atoms with van der Waals surface area (Å²) < 4.78 is 0. The van der Waals surface area contributed by atoms with Gasteiger partial charge in [0.2, 0.25) is 0 Å². The third kappa shape index (κ3) is 16.5. The van der Waals surface area contributed by atoms with Gasteiger partial charge in [-0.25, -0.2) is 0 Å². The van der Waals surface area contributed by atoms with E-state index in [1.807, 2.05) is 0 Å². The first kappa shape index (κ1) is 30.9. The van der Waals surface area contributed by atoms with Gasteiger partial charge < -0.3 is 0 Å². The molecule has 0 fully saturated rings. The molecule has 0 aromatic rings. The van der Waals surface area contributed by atoms with Gasteiger partial charge in [-0.05, 0) is 0 Å². The molecular weight excluding hydrogens is 449 g/mol. The van der Waals surface area contributed by atoms with Crippen LogP contribution in [0.5, 0.6) is 0 Å². The second kappa shape index (κ2) is 20.5. The van der Waals surface area contributed by atoms with Crippen molar-refractivity contribution in [3.05, 3.63) is 0 Å². The summed E-state index contributed by atoms with van der Waals surface area (Å²) >= 11 is 4.62. The van der Waals surface area contributed by atoms with Crippen molar-refractivity contribution in [2.75, 3.05) is 31.2 Å². The molecule has 1 nitrogen and oxygen atoms in total. The molecule has 0 saturated carbocycles. The van der Waals surface area contributed by atoms with E-state index in [0.29, 0.717) is 0 Å². The van der Waals surface area contributed by atoms with Crippen LogP contribution in [0.3, 0.4) is 0 Å². The van der Waals surface area contributed by atoms with Crippen LogP contribution in [0.2, 0.25) is 0 Å². The molecule has 0 aromatic carbocycles. The summed E-state index contributed by atoms with van der Waals surface area (Å²) in [6.07, 6.45) is 32.7. The predicted octanol–water partition coefficient (Wildman–Crippen LogP) is 10.3. The molecular formula is C27H59BrNP. The number of unbranched alkanes of at least 4 members (excludes halogenated alkanes) is 15. The zero-order valence-electron chi connectivity index (χ0n) is 21.4. The second-order valence-electron chi connectivity index (χ2n) is 10.2. The fourth-order valence-corrected chi connectivity index (χ4v) is 13.4. The molecule has 2 N–H and O–H groups in total. The number of halogens is 1. The summed E-state index contributed by atoms with van der Waals surface area (Å²) in [7, 11) is 0. The van der Waals surface area contributed by atoms with Crippen LogP contribution < -0.4 is 5.73 Å². The first-order chi connectivity index (χ1) is 14.5. The molecule has 3 heteroatoms. The standard InChI is InChI=1S/C27H59BrNP/c1-4-7-10-13-16-19-24-30(28,27-22-23-29,25-20-17-14-11-8-5-2)26-21-18-15-12-9-6-3/h4-27,29H2,1-3H3. The zero-order valence-corrected chi connectivity index (χ0v) is 23.9. The SMILES string of the molecule is CCCCCCCCP(Br)(CCCN)(CCCCCCCC)CCCCCCCC. The molecule has 0 heterocycles. The average molecular weight is 509 g/mol. The first-order valence-corrected chi connectivity index (χ1v) is 19.0. The van der Waals surface area contributed by atoms with Crippen molar-refractivity contribution in [1.29, 1.82) is 0 Å². The Kier molecular flexibility index (Phi) is 21.1. The third-order valence-corrected chi connectivity index (χ3v) is 17.1. The van der Waals surface area contributed by atoms with Gasteiger partial charge in [0.05, 0.1) is 0 Å². The Bertz CT molecular complexity index is 317. The van der Waals surface area contributed by atoms with Crippen LogP contribution in [-0.2, 0) is 0 Å². The van der Waals surface area contributed by atoms with Crippen LogP contribution in [-0.4, -0.2) is 31.2 Å². The maximum absolute atomic E-state index is 6.02. The topological polar surface area (TPSA) is 26.0 Å². The Labute approximate surface area is 200 Å². The van der Waals surface area contributed by atoms with E-state index >= 15 is 0 Å². The zero-order chi connectivity index (χ0) is 22.4. The van der Waals surface area contributed by atoms with E-state index in [1.165, 1.54) is 147 Å². The minimum atomic E-state index is -1.78. The number of hydrogen-bond acceptors (Lipinski definition) is 1. The van der Waals surface area contributed by atoms with Crippen molar-refractivity contribution in [2.24, 2.45) is 5.73 Å². The van der Waals surface area contributed by atoms with Crippen molar-refractivity contribution < 1.29 is 0 Å². The molecule has 0 bridgehead atoms. The molecule has 0 atom stereocenters. The summed E-state index contributed by atoms with van der Waals surface area (Å²) in [6.45, 7) is 7.82. The normalized spacial score (nSPS) is 13.4.